The van der Waals surface area contributed by atoms with Crippen LogP contribution in [-0.4, -0.2) is 11.6 Å². The Kier molecular flexibility index (Phi) is 4.23. The first kappa shape index (κ1) is 13.2. The molecule has 0 radical (unpaired) electrons. The molecule has 100 valence electrons. The van der Waals surface area contributed by atoms with Crippen LogP contribution in [0.2, 0.25) is 0 Å². The number of hydrogen-bond donors (Lipinski definition) is 1. The number of benzene rings is 1. The summed E-state index contributed by atoms with van der Waals surface area (Å²) in [4.78, 5) is 4.21. The van der Waals surface area contributed by atoms with Crippen LogP contribution in [0.5, 0.6) is 17.4 Å². The summed E-state index contributed by atoms with van der Waals surface area (Å²) in [5.74, 6) is 1.80. The van der Waals surface area contributed by atoms with E-state index in [2.05, 4.69) is 11.9 Å². The largest absolute Gasteiger partial charge is 0.488 e. The van der Waals surface area contributed by atoms with Crippen LogP contribution >= 0.6 is 0 Å². The number of nitrogen functional groups attached to an aromatic ring is 1. The molecule has 0 saturated carbocycles. The molecule has 0 fully saturated rings. The van der Waals surface area contributed by atoms with Crippen LogP contribution in [-0.2, 0) is 0 Å². The van der Waals surface area contributed by atoms with Crippen LogP contribution in [0.3, 0.4) is 0 Å². The minimum absolute atomic E-state index is 0.463. The number of pyridine rings is 1. The van der Waals surface area contributed by atoms with Gasteiger partial charge in [-0.2, -0.15) is 0 Å². The fourth-order valence-electron chi connectivity index (χ4n) is 1.61. The molecule has 2 N–H and O–H groups in total. The first-order valence-electron chi connectivity index (χ1n) is 6.32. The van der Waals surface area contributed by atoms with Gasteiger partial charge in [-0.3, -0.25) is 0 Å². The van der Waals surface area contributed by atoms with Crippen LogP contribution in [0, 0.1) is 6.92 Å². The van der Waals surface area contributed by atoms with Crippen molar-refractivity contribution < 1.29 is 9.47 Å². The summed E-state index contributed by atoms with van der Waals surface area (Å²) in [6.07, 6.45) is 2.61. The SMILES string of the molecule is CCCOc1cccnc1Oc1cc(N)ccc1C. The molecule has 0 atom stereocenters. The predicted octanol–water partition coefficient (Wildman–Crippen LogP) is 3.55. The maximum absolute atomic E-state index is 5.80. The van der Waals surface area contributed by atoms with Crippen LogP contribution in [0.15, 0.2) is 36.5 Å². The molecule has 2 aromatic rings. The number of ether oxygens (including phenoxy) is 2. The van der Waals surface area contributed by atoms with E-state index in [0.717, 1.165) is 12.0 Å². The Balaban J connectivity index is 2.25. The van der Waals surface area contributed by atoms with Gasteiger partial charge in [0.25, 0.3) is 5.88 Å². The van der Waals surface area contributed by atoms with Gasteiger partial charge in [0.1, 0.15) is 5.75 Å². The molecule has 4 heteroatoms. The van der Waals surface area contributed by atoms with E-state index in [0.29, 0.717) is 29.7 Å². The lowest BCUT2D eigenvalue weighted by molar-refractivity contribution is 0.298. The molecule has 19 heavy (non-hydrogen) atoms. The van der Waals surface area contributed by atoms with Crippen LogP contribution in [0.25, 0.3) is 0 Å². The highest BCUT2D eigenvalue weighted by Crippen LogP contribution is 2.31. The average Bonchev–Trinajstić information content (AvgIpc) is 2.42. The third-order valence-corrected chi connectivity index (χ3v) is 2.62. The van der Waals surface area contributed by atoms with Gasteiger partial charge in [-0.15, -0.1) is 0 Å². The smallest absolute Gasteiger partial charge is 0.262 e. The summed E-state index contributed by atoms with van der Waals surface area (Å²) in [6, 6.07) is 9.21. The van der Waals surface area contributed by atoms with Gasteiger partial charge in [0.15, 0.2) is 5.75 Å². The Labute approximate surface area is 113 Å². The molecule has 1 aromatic heterocycles. The highest BCUT2D eigenvalue weighted by atomic mass is 16.5. The second-order valence-corrected chi connectivity index (χ2v) is 4.28. The van der Waals surface area contributed by atoms with E-state index in [1.807, 2.05) is 31.2 Å². The van der Waals surface area contributed by atoms with Crippen molar-refractivity contribution in [3.63, 3.8) is 0 Å². The molecule has 1 aromatic carbocycles. The second-order valence-electron chi connectivity index (χ2n) is 4.28. The molecular formula is C15H18N2O2. The van der Waals surface area contributed by atoms with E-state index in [1.54, 1.807) is 12.3 Å². The van der Waals surface area contributed by atoms with Gasteiger partial charge in [-0.1, -0.05) is 13.0 Å². The maximum atomic E-state index is 5.80. The van der Waals surface area contributed by atoms with Crippen molar-refractivity contribution in [2.45, 2.75) is 20.3 Å². The minimum Gasteiger partial charge on any atom is -0.488 e. The Hall–Kier alpha value is -2.23. The van der Waals surface area contributed by atoms with Crippen LogP contribution in [0.4, 0.5) is 5.69 Å². The molecular weight excluding hydrogens is 240 g/mol. The first-order chi connectivity index (χ1) is 9.20. The van der Waals surface area contributed by atoms with E-state index in [9.17, 15) is 0 Å². The van der Waals surface area contributed by atoms with Crippen molar-refractivity contribution in [1.29, 1.82) is 0 Å². The Morgan fingerprint density at radius 2 is 2.05 bits per heavy atom. The van der Waals surface area contributed by atoms with E-state index < -0.39 is 0 Å². The number of nitrogens with zero attached hydrogens (tertiary/aromatic N) is 1. The lowest BCUT2D eigenvalue weighted by Crippen LogP contribution is -1.99. The van der Waals surface area contributed by atoms with Crippen LogP contribution in [0.1, 0.15) is 18.9 Å². The molecule has 0 amide bonds. The van der Waals surface area contributed by atoms with Crippen molar-refractivity contribution in [1.82, 2.24) is 4.98 Å². The number of aryl methyl sites for hydroxylation is 1. The lowest BCUT2D eigenvalue weighted by Gasteiger charge is -2.12. The van der Waals surface area contributed by atoms with Crippen molar-refractivity contribution in [2.75, 3.05) is 12.3 Å². The second kappa shape index (κ2) is 6.09. The molecule has 0 aliphatic rings. The maximum Gasteiger partial charge on any atom is 0.262 e. The summed E-state index contributed by atoms with van der Waals surface area (Å²) in [7, 11) is 0. The summed E-state index contributed by atoms with van der Waals surface area (Å²) >= 11 is 0. The highest BCUT2D eigenvalue weighted by Gasteiger charge is 2.09. The summed E-state index contributed by atoms with van der Waals surface area (Å²) in [5, 5.41) is 0. The number of anilines is 1. The van der Waals surface area contributed by atoms with Gasteiger partial charge in [0, 0.05) is 18.0 Å². The molecule has 0 unspecified atom stereocenters. The fraction of sp³-hybridized carbons (Fsp3) is 0.267. The molecule has 0 aliphatic carbocycles. The van der Waals surface area contributed by atoms with E-state index in [4.69, 9.17) is 15.2 Å². The number of nitrogens with two attached hydrogens (primary N) is 1. The van der Waals surface area contributed by atoms with E-state index >= 15 is 0 Å². The summed E-state index contributed by atoms with van der Waals surface area (Å²) in [6.45, 7) is 4.65. The fourth-order valence-corrected chi connectivity index (χ4v) is 1.61. The minimum atomic E-state index is 0.463. The molecule has 0 aliphatic heterocycles. The molecule has 2 rings (SSSR count). The molecule has 0 bridgehead atoms. The van der Waals surface area contributed by atoms with Gasteiger partial charge in [-0.25, -0.2) is 4.98 Å². The summed E-state index contributed by atoms with van der Waals surface area (Å²) < 4.78 is 11.4. The van der Waals surface area contributed by atoms with Gasteiger partial charge >= 0.3 is 0 Å². The Morgan fingerprint density at radius 1 is 1.21 bits per heavy atom. The number of aromatic nitrogens is 1. The standard InChI is InChI=1S/C15H18N2O2/c1-3-9-18-13-5-4-8-17-15(13)19-14-10-12(16)7-6-11(14)2/h4-8,10H,3,9,16H2,1-2H3. The topological polar surface area (TPSA) is 57.4 Å². The van der Waals surface area contributed by atoms with Crippen molar-refractivity contribution in [3.8, 4) is 17.4 Å². The van der Waals surface area contributed by atoms with Gasteiger partial charge in [0.05, 0.1) is 6.61 Å². The molecule has 0 spiro atoms. The lowest BCUT2D eigenvalue weighted by atomic mass is 10.2. The van der Waals surface area contributed by atoms with E-state index in [-0.39, 0.29) is 0 Å². The quantitative estimate of drug-likeness (QED) is 0.833. The molecule has 0 saturated heterocycles. The number of rotatable bonds is 5. The third-order valence-electron chi connectivity index (χ3n) is 2.62. The zero-order chi connectivity index (χ0) is 13.7. The average molecular weight is 258 g/mol. The van der Waals surface area contributed by atoms with Crippen molar-refractivity contribution >= 4 is 5.69 Å². The highest BCUT2D eigenvalue weighted by molar-refractivity contribution is 5.50. The zero-order valence-electron chi connectivity index (χ0n) is 11.2. The third kappa shape index (κ3) is 3.37. The Bertz CT molecular complexity index is 556. The van der Waals surface area contributed by atoms with Gasteiger partial charge in [-0.05, 0) is 37.1 Å². The Morgan fingerprint density at radius 3 is 2.84 bits per heavy atom. The normalized spacial score (nSPS) is 10.2. The predicted molar refractivity (Wildman–Crippen MR) is 75.7 cm³/mol. The zero-order valence-corrected chi connectivity index (χ0v) is 11.2. The van der Waals surface area contributed by atoms with Crippen molar-refractivity contribution in [2.24, 2.45) is 0 Å². The van der Waals surface area contributed by atoms with Gasteiger partial charge < -0.3 is 15.2 Å². The molecule has 4 nitrogen and oxygen atoms in total. The van der Waals surface area contributed by atoms with Crippen LogP contribution < -0.4 is 15.2 Å². The van der Waals surface area contributed by atoms with Gasteiger partial charge in [0.2, 0.25) is 0 Å². The van der Waals surface area contributed by atoms with Crippen molar-refractivity contribution in [3.05, 3.63) is 42.1 Å². The first-order valence-corrected chi connectivity index (χ1v) is 6.32. The van der Waals surface area contributed by atoms with E-state index in [1.165, 1.54) is 0 Å². The summed E-state index contributed by atoms with van der Waals surface area (Å²) in [5.41, 5.74) is 7.43. The number of hydrogen-bond acceptors (Lipinski definition) is 4. The monoisotopic (exact) mass is 258 g/mol. The molecule has 1 heterocycles.